The maximum Gasteiger partial charge on any atom is 0.280 e. The fourth-order valence-corrected chi connectivity index (χ4v) is 3.16. The highest BCUT2D eigenvalue weighted by Gasteiger charge is 2.35. The van der Waals surface area contributed by atoms with Crippen molar-refractivity contribution in [2.24, 2.45) is 0 Å². The minimum atomic E-state index is -0.753. The van der Waals surface area contributed by atoms with Crippen molar-refractivity contribution < 1.29 is 19.8 Å². The molecular weight excluding hydrogens is 354 g/mol. The number of ether oxygens (including phenoxy) is 1. The van der Waals surface area contributed by atoms with E-state index in [-0.39, 0.29) is 12.5 Å². The largest absolute Gasteiger partial charge is 0.394 e. The molecule has 0 radical (unpaired) electrons. The van der Waals surface area contributed by atoms with Gasteiger partial charge in [0.15, 0.2) is 11.2 Å². The van der Waals surface area contributed by atoms with Crippen LogP contribution in [0, 0.1) is 0 Å². The highest BCUT2D eigenvalue weighted by molar-refractivity contribution is 5.77. The Hall–Kier alpha value is -3.15. The molecule has 27 heavy (non-hydrogen) atoms. The van der Waals surface area contributed by atoms with Gasteiger partial charge in [0.2, 0.25) is 0 Å². The van der Waals surface area contributed by atoms with E-state index in [0.29, 0.717) is 28.6 Å². The lowest BCUT2D eigenvalue weighted by molar-refractivity contribution is -0.0432. The smallest absolute Gasteiger partial charge is 0.280 e. The lowest BCUT2D eigenvalue weighted by Gasteiger charge is -2.13. The molecule has 2 N–H and O–H groups in total. The normalized spacial score (nSPS) is 22.7. The average Bonchev–Trinajstić information content (AvgIpc) is 3.39. The Labute approximate surface area is 151 Å². The second-order valence-electron chi connectivity index (χ2n) is 6.16. The first kappa shape index (κ1) is 16.1. The van der Waals surface area contributed by atoms with E-state index in [4.69, 9.17) is 9.57 Å². The average molecular weight is 369 g/mol. The van der Waals surface area contributed by atoms with Crippen molar-refractivity contribution >= 4 is 22.2 Å². The SMILES string of the molecule is OC[C@H]1O[C@@H](n2cnc3c(On4nnc5ccccc54)ncnc32)C[C@@H]1O. The van der Waals surface area contributed by atoms with E-state index in [1.807, 2.05) is 24.3 Å². The molecule has 3 atom stereocenters. The number of imidazole rings is 1. The fraction of sp³-hybridized carbons (Fsp3) is 0.312. The summed E-state index contributed by atoms with van der Waals surface area (Å²) in [6.45, 7) is -0.257. The third-order valence-corrected chi connectivity index (χ3v) is 4.51. The van der Waals surface area contributed by atoms with Crippen molar-refractivity contribution in [2.45, 2.75) is 24.9 Å². The molecule has 0 aliphatic carbocycles. The summed E-state index contributed by atoms with van der Waals surface area (Å²) in [6, 6.07) is 7.37. The number of benzene rings is 1. The minimum absolute atomic E-state index is 0.214. The molecule has 1 fully saturated rings. The van der Waals surface area contributed by atoms with Crippen LogP contribution in [0.15, 0.2) is 36.9 Å². The van der Waals surface area contributed by atoms with Crippen molar-refractivity contribution in [3.63, 3.8) is 0 Å². The molecule has 1 saturated heterocycles. The molecule has 0 bridgehead atoms. The molecule has 11 nitrogen and oxygen atoms in total. The molecule has 5 rings (SSSR count). The molecule has 0 amide bonds. The second kappa shape index (κ2) is 6.23. The number of fused-ring (bicyclic) bond motifs is 2. The Balaban J connectivity index is 1.51. The zero-order chi connectivity index (χ0) is 18.4. The van der Waals surface area contributed by atoms with E-state index in [1.165, 1.54) is 11.2 Å². The molecule has 138 valence electrons. The predicted molar refractivity (Wildman–Crippen MR) is 90.5 cm³/mol. The van der Waals surface area contributed by atoms with Crippen LogP contribution < -0.4 is 4.84 Å². The standard InChI is InChI=1S/C16H15N7O4/c24-6-12-11(25)5-13(26-12)22-8-19-14-15(22)17-7-18-16(14)27-23-10-4-2-1-3-9(10)20-21-23/h1-4,7-8,11-13,24-25H,5-6H2/t11-,12+,13+/m0/s1. The van der Waals surface area contributed by atoms with Gasteiger partial charge in [0.1, 0.15) is 29.7 Å². The van der Waals surface area contributed by atoms with Crippen LogP contribution >= 0.6 is 0 Å². The van der Waals surface area contributed by atoms with Crippen molar-refractivity contribution in [3.8, 4) is 5.88 Å². The molecule has 0 saturated carbocycles. The van der Waals surface area contributed by atoms with Gasteiger partial charge >= 0.3 is 0 Å². The number of hydrogen-bond acceptors (Lipinski definition) is 9. The molecule has 0 unspecified atom stereocenters. The maximum absolute atomic E-state index is 9.96. The maximum atomic E-state index is 9.96. The third kappa shape index (κ3) is 2.60. The summed E-state index contributed by atoms with van der Waals surface area (Å²) in [6.07, 6.45) is 1.34. The number of para-hydroxylation sites is 1. The van der Waals surface area contributed by atoms with Crippen molar-refractivity contribution in [1.29, 1.82) is 0 Å². The van der Waals surface area contributed by atoms with Crippen LogP contribution in [-0.4, -0.2) is 63.7 Å². The molecule has 1 aliphatic rings. The van der Waals surface area contributed by atoms with E-state index in [2.05, 4.69) is 25.3 Å². The zero-order valence-electron chi connectivity index (χ0n) is 14.0. The summed E-state index contributed by atoms with van der Waals surface area (Å²) in [7, 11) is 0. The number of nitrogens with zero attached hydrogens (tertiary/aromatic N) is 7. The highest BCUT2D eigenvalue weighted by Crippen LogP contribution is 2.32. The first-order valence-corrected chi connectivity index (χ1v) is 8.35. The van der Waals surface area contributed by atoms with Crippen LogP contribution in [0.1, 0.15) is 12.6 Å². The van der Waals surface area contributed by atoms with E-state index in [0.717, 1.165) is 0 Å². The Morgan fingerprint density at radius 1 is 1.22 bits per heavy atom. The molecular formula is C16H15N7O4. The molecule has 4 heterocycles. The molecule has 4 aromatic rings. The Bertz CT molecular complexity index is 1110. The van der Waals surface area contributed by atoms with Crippen LogP contribution in [0.4, 0.5) is 0 Å². The first-order chi connectivity index (χ1) is 13.2. The summed E-state index contributed by atoms with van der Waals surface area (Å²) in [5.41, 5.74) is 2.29. The number of hydrogen-bond donors (Lipinski definition) is 2. The Morgan fingerprint density at radius 2 is 2.11 bits per heavy atom. The van der Waals surface area contributed by atoms with E-state index in [9.17, 15) is 10.2 Å². The van der Waals surface area contributed by atoms with Crippen LogP contribution in [0.25, 0.3) is 22.2 Å². The van der Waals surface area contributed by atoms with Gasteiger partial charge < -0.3 is 19.8 Å². The molecule has 11 heteroatoms. The third-order valence-electron chi connectivity index (χ3n) is 4.51. The number of rotatable bonds is 4. The van der Waals surface area contributed by atoms with E-state index in [1.54, 1.807) is 10.9 Å². The number of aromatic nitrogens is 7. The van der Waals surface area contributed by atoms with Crippen molar-refractivity contribution in [3.05, 3.63) is 36.9 Å². The van der Waals surface area contributed by atoms with Crippen LogP contribution in [0.2, 0.25) is 0 Å². The van der Waals surface area contributed by atoms with Gasteiger partial charge in [-0.3, -0.25) is 4.57 Å². The number of aliphatic hydroxyl groups excluding tert-OH is 2. The van der Waals surface area contributed by atoms with Gasteiger partial charge in [-0.25, -0.2) is 9.97 Å². The summed E-state index contributed by atoms with van der Waals surface area (Å²) in [5.74, 6) is 0.214. The lowest BCUT2D eigenvalue weighted by atomic mass is 10.2. The monoisotopic (exact) mass is 369 g/mol. The quantitative estimate of drug-likeness (QED) is 0.512. The number of aliphatic hydroxyl groups is 2. The lowest BCUT2D eigenvalue weighted by Crippen LogP contribution is -2.24. The summed E-state index contributed by atoms with van der Waals surface area (Å²) < 4.78 is 7.36. The summed E-state index contributed by atoms with van der Waals surface area (Å²) in [4.78, 5) is 19.8. The second-order valence-corrected chi connectivity index (χ2v) is 6.16. The molecule has 1 aliphatic heterocycles. The topological polar surface area (TPSA) is 133 Å². The molecule has 1 aromatic carbocycles. The van der Waals surface area contributed by atoms with Gasteiger partial charge in [-0.15, -0.1) is 5.10 Å². The minimum Gasteiger partial charge on any atom is -0.394 e. The highest BCUT2D eigenvalue weighted by atomic mass is 16.7. The van der Waals surface area contributed by atoms with Gasteiger partial charge in [0.25, 0.3) is 5.88 Å². The van der Waals surface area contributed by atoms with Crippen LogP contribution in [0.5, 0.6) is 5.88 Å². The van der Waals surface area contributed by atoms with Crippen LogP contribution in [-0.2, 0) is 4.74 Å². The van der Waals surface area contributed by atoms with Crippen molar-refractivity contribution in [1.82, 2.24) is 34.7 Å². The van der Waals surface area contributed by atoms with Gasteiger partial charge in [-0.2, -0.15) is 4.98 Å². The van der Waals surface area contributed by atoms with Gasteiger partial charge in [0.05, 0.1) is 19.0 Å². The zero-order valence-corrected chi connectivity index (χ0v) is 14.0. The van der Waals surface area contributed by atoms with E-state index < -0.39 is 18.4 Å². The van der Waals surface area contributed by atoms with Gasteiger partial charge in [0, 0.05) is 6.42 Å². The first-order valence-electron chi connectivity index (χ1n) is 8.35. The Morgan fingerprint density at radius 3 is 2.96 bits per heavy atom. The summed E-state index contributed by atoms with van der Waals surface area (Å²) >= 11 is 0. The molecule has 3 aromatic heterocycles. The fourth-order valence-electron chi connectivity index (χ4n) is 3.16. The Kier molecular flexibility index (Phi) is 3.70. The van der Waals surface area contributed by atoms with E-state index >= 15 is 0 Å². The van der Waals surface area contributed by atoms with Gasteiger partial charge in [-0.05, 0) is 17.3 Å². The van der Waals surface area contributed by atoms with Gasteiger partial charge in [-0.1, -0.05) is 17.0 Å². The molecule has 0 spiro atoms. The summed E-state index contributed by atoms with van der Waals surface area (Å²) in [5, 5.41) is 27.2. The van der Waals surface area contributed by atoms with Crippen LogP contribution in [0.3, 0.4) is 0 Å². The van der Waals surface area contributed by atoms with Crippen molar-refractivity contribution in [2.75, 3.05) is 6.61 Å². The predicted octanol–water partition coefficient (Wildman–Crippen LogP) is 0.0538.